The molecule has 18 heavy (non-hydrogen) atoms. The molecule has 3 rings (SSSR count). The summed E-state index contributed by atoms with van der Waals surface area (Å²) in [5.74, 6) is -1.66. The van der Waals surface area contributed by atoms with E-state index in [0.717, 1.165) is 36.7 Å². The predicted octanol–water partition coefficient (Wildman–Crippen LogP) is 2.78. The Morgan fingerprint density at radius 1 is 1.22 bits per heavy atom. The number of rotatable bonds is 2. The summed E-state index contributed by atoms with van der Waals surface area (Å²) < 4.78 is 26.2. The third-order valence-electron chi connectivity index (χ3n) is 3.31. The lowest BCUT2D eigenvalue weighted by Crippen LogP contribution is -2.14. The zero-order chi connectivity index (χ0) is 12.5. The second kappa shape index (κ2) is 4.49. The van der Waals surface area contributed by atoms with E-state index in [1.807, 2.05) is 0 Å². The van der Waals surface area contributed by atoms with Crippen LogP contribution in [-0.4, -0.2) is 16.7 Å². The highest BCUT2D eigenvalue weighted by atomic mass is 19.2. The Morgan fingerprint density at radius 2 is 2.11 bits per heavy atom. The fourth-order valence-electron chi connectivity index (χ4n) is 2.39. The maximum Gasteiger partial charge on any atom is 0.159 e. The van der Waals surface area contributed by atoms with E-state index in [-0.39, 0.29) is 6.04 Å². The lowest BCUT2D eigenvalue weighted by molar-refractivity contribution is 0.509. The first kappa shape index (κ1) is 11.3. The normalized spacial score (nSPS) is 19.3. The van der Waals surface area contributed by atoms with Gasteiger partial charge in [-0.25, -0.2) is 8.78 Å². The number of aromatic nitrogens is 2. The molecule has 3 nitrogen and oxygen atoms in total. The van der Waals surface area contributed by atoms with Crippen molar-refractivity contribution in [2.45, 2.75) is 18.9 Å². The minimum absolute atomic E-state index is 0.218. The molecule has 0 spiro atoms. The summed E-state index contributed by atoms with van der Waals surface area (Å²) in [5, 5.41) is 10.3. The van der Waals surface area contributed by atoms with E-state index in [0.29, 0.717) is 5.56 Å². The highest BCUT2D eigenvalue weighted by Gasteiger charge is 2.21. The van der Waals surface area contributed by atoms with Crippen LogP contribution in [0.3, 0.4) is 0 Å². The van der Waals surface area contributed by atoms with E-state index < -0.39 is 11.6 Å². The fourth-order valence-corrected chi connectivity index (χ4v) is 2.39. The average molecular weight is 249 g/mol. The maximum atomic E-state index is 13.3. The second-order valence-corrected chi connectivity index (χ2v) is 4.48. The smallest absolute Gasteiger partial charge is 0.159 e. The van der Waals surface area contributed by atoms with Crippen molar-refractivity contribution in [2.24, 2.45) is 0 Å². The lowest BCUT2D eigenvalue weighted by Gasteiger charge is -2.10. The SMILES string of the molecule is Fc1ccc(-c2cn[nH]c2C2CCCN2)cc1F. The summed E-state index contributed by atoms with van der Waals surface area (Å²) in [6.45, 7) is 0.973. The molecule has 5 heteroatoms. The summed E-state index contributed by atoms with van der Waals surface area (Å²) in [6.07, 6.45) is 3.79. The topological polar surface area (TPSA) is 40.7 Å². The van der Waals surface area contributed by atoms with Crippen molar-refractivity contribution in [1.82, 2.24) is 15.5 Å². The van der Waals surface area contributed by atoms with Gasteiger partial charge in [-0.3, -0.25) is 5.10 Å². The van der Waals surface area contributed by atoms with Crippen molar-refractivity contribution in [3.05, 3.63) is 41.7 Å². The molecule has 2 heterocycles. The largest absolute Gasteiger partial charge is 0.309 e. The molecule has 0 saturated carbocycles. The summed E-state index contributed by atoms with van der Waals surface area (Å²) >= 11 is 0. The fraction of sp³-hybridized carbons (Fsp3) is 0.308. The van der Waals surface area contributed by atoms with E-state index in [2.05, 4.69) is 15.5 Å². The second-order valence-electron chi connectivity index (χ2n) is 4.48. The van der Waals surface area contributed by atoms with Crippen molar-refractivity contribution in [1.29, 1.82) is 0 Å². The molecule has 2 N–H and O–H groups in total. The van der Waals surface area contributed by atoms with E-state index in [1.165, 1.54) is 6.07 Å². The Labute approximate surface area is 103 Å². The maximum absolute atomic E-state index is 13.3. The van der Waals surface area contributed by atoms with Crippen molar-refractivity contribution in [3.63, 3.8) is 0 Å². The van der Waals surface area contributed by atoms with Gasteiger partial charge in [0, 0.05) is 11.6 Å². The number of hydrogen-bond acceptors (Lipinski definition) is 2. The Balaban J connectivity index is 2.00. The third-order valence-corrected chi connectivity index (χ3v) is 3.31. The molecule has 1 saturated heterocycles. The first-order valence-corrected chi connectivity index (χ1v) is 5.98. The minimum atomic E-state index is -0.834. The monoisotopic (exact) mass is 249 g/mol. The molecule has 0 bridgehead atoms. The predicted molar refractivity (Wildman–Crippen MR) is 63.9 cm³/mol. The van der Waals surface area contributed by atoms with Gasteiger partial charge in [0.15, 0.2) is 11.6 Å². The van der Waals surface area contributed by atoms with Gasteiger partial charge < -0.3 is 5.32 Å². The summed E-state index contributed by atoms with van der Waals surface area (Å²) in [7, 11) is 0. The summed E-state index contributed by atoms with van der Waals surface area (Å²) in [6, 6.07) is 4.14. The zero-order valence-corrected chi connectivity index (χ0v) is 9.71. The lowest BCUT2D eigenvalue weighted by atomic mass is 10.0. The average Bonchev–Trinajstić information content (AvgIpc) is 3.00. The quantitative estimate of drug-likeness (QED) is 0.859. The Kier molecular flexibility index (Phi) is 2.83. The van der Waals surface area contributed by atoms with E-state index in [4.69, 9.17) is 0 Å². The number of nitrogens with one attached hydrogen (secondary N) is 2. The molecule has 1 fully saturated rings. The first-order chi connectivity index (χ1) is 8.75. The zero-order valence-electron chi connectivity index (χ0n) is 9.71. The van der Waals surface area contributed by atoms with E-state index >= 15 is 0 Å². The van der Waals surface area contributed by atoms with Gasteiger partial charge in [-0.2, -0.15) is 5.10 Å². The summed E-state index contributed by atoms with van der Waals surface area (Å²) in [5.41, 5.74) is 2.41. The van der Waals surface area contributed by atoms with Gasteiger partial charge in [0.25, 0.3) is 0 Å². The van der Waals surface area contributed by atoms with Crippen LogP contribution in [0.25, 0.3) is 11.1 Å². The number of hydrogen-bond donors (Lipinski definition) is 2. The highest BCUT2D eigenvalue weighted by Crippen LogP contribution is 2.31. The molecule has 1 aromatic carbocycles. The first-order valence-electron chi connectivity index (χ1n) is 5.98. The molecule has 0 amide bonds. The molecule has 94 valence electrons. The van der Waals surface area contributed by atoms with Gasteiger partial charge in [-0.1, -0.05) is 6.07 Å². The minimum Gasteiger partial charge on any atom is -0.309 e. The van der Waals surface area contributed by atoms with Gasteiger partial charge in [0.1, 0.15) is 0 Å². The van der Waals surface area contributed by atoms with Crippen LogP contribution in [0.15, 0.2) is 24.4 Å². The Hall–Kier alpha value is -1.75. The molecular weight excluding hydrogens is 236 g/mol. The van der Waals surface area contributed by atoms with Crippen LogP contribution in [0.2, 0.25) is 0 Å². The van der Waals surface area contributed by atoms with Crippen LogP contribution >= 0.6 is 0 Å². The van der Waals surface area contributed by atoms with Gasteiger partial charge in [0.05, 0.1) is 11.9 Å². The van der Waals surface area contributed by atoms with Crippen LogP contribution in [-0.2, 0) is 0 Å². The van der Waals surface area contributed by atoms with Crippen LogP contribution in [0, 0.1) is 11.6 Å². The van der Waals surface area contributed by atoms with Crippen LogP contribution in [0.1, 0.15) is 24.6 Å². The molecular formula is C13H13F2N3. The molecule has 1 aromatic heterocycles. The van der Waals surface area contributed by atoms with Gasteiger partial charge in [0.2, 0.25) is 0 Å². The van der Waals surface area contributed by atoms with E-state index in [9.17, 15) is 8.78 Å². The van der Waals surface area contributed by atoms with Crippen LogP contribution in [0.5, 0.6) is 0 Å². The third kappa shape index (κ3) is 1.90. The van der Waals surface area contributed by atoms with Gasteiger partial charge in [-0.15, -0.1) is 0 Å². The number of halogens is 2. The Morgan fingerprint density at radius 3 is 2.83 bits per heavy atom. The van der Waals surface area contributed by atoms with Crippen molar-refractivity contribution in [2.75, 3.05) is 6.54 Å². The molecule has 2 aromatic rings. The van der Waals surface area contributed by atoms with Crippen molar-refractivity contribution >= 4 is 0 Å². The molecule has 1 unspecified atom stereocenters. The van der Waals surface area contributed by atoms with Crippen LogP contribution in [0.4, 0.5) is 8.78 Å². The molecule has 0 aliphatic carbocycles. The molecule has 1 aliphatic heterocycles. The van der Waals surface area contributed by atoms with Gasteiger partial charge in [-0.05, 0) is 37.1 Å². The summed E-state index contributed by atoms with van der Waals surface area (Å²) in [4.78, 5) is 0. The van der Waals surface area contributed by atoms with E-state index in [1.54, 1.807) is 12.3 Å². The van der Waals surface area contributed by atoms with Crippen molar-refractivity contribution < 1.29 is 8.78 Å². The van der Waals surface area contributed by atoms with Crippen molar-refractivity contribution in [3.8, 4) is 11.1 Å². The Bertz CT molecular complexity index is 559. The number of nitrogens with zero attached hydrogens (tertiary/aromatic N) is 1. The molecule has 0 radical (unpaired) electrons. The molecule has 1 atom stereocenters. The van der Waals surface area contributed by atoms with Crippen LogP contribution < -0.4 is 5.32 Å². The number of aromatic amines is 1. The standard InChI is InChI=1S/C13H13F2N3/c14-10-4-3-8(6-11(10)15)9-7-17-18-13(9)12-2-1-5-16-12/h3-4,6-7,12,16H,1-2,5H2,(H,17,18). The molecule has 1 aliphatic rings. The number of benzene rings is 1. The van der Waals surface area contributed by atoms with Gasteiger partial charge >= 0.3 is 0 Å². The number of H-pyrrole nitrogens is 1. The highest BCUT2D eigenvalue weighted by molar-refractivity contribution is 5.65.